The quantitative estimate of drug-likeness (QED) is 0.761. The van der Waals surface area contributed by atoms with E-state index < -0.39 is 23.9 Å². The van der Waals surface area contributed by atoms with E-state index >= 15 is 0 Å². The van der Waals surface area contributed by atoms with E-state index in [1.807, 2.05) is 0 Å². The lowest BCUT2D eigenvalue weighted by Crippen LogP contribution is -2.42. The number of amides is 1. The van der Waals surface area contributed by atoms with Gasteiger partial charge in [-0.15, -0.1) is 0 Å². The van der Waals surface area contributed by atoms with Gasteiger partial charge in [-0.3, -0.25) is 9.59 Å². The van der Waals surface area contributed by atoms with Crippen LogP contribution in [0.15, 0.2) is 35.1 Å². The molecule has 138 valence electrons. The summed E-state index contributed by atoms with van der Waals surface area (Å²) in [5.74, 6) is -0.510. The maximum atomic E-state index is 13.8. The fraction of sp³-hybridized carbons (Fsp3) is 0.368. The first-order chi connectivity index (χ1) is 12.4. The Morgan fingerprint density at radius 1 is 1.35 bits per heavy atom. The predicted octanol–water partition coefficient (Wildman–Crippen LogP) is 2.07. The van der Waals surface area contributed by atoms with Crippen LogP contribution in [0.3, 0.4) is 0 Å². The summed E-state index contributed by atoms with van der Waals surface area (Å²) in [6.07, 6.45) is 0.557. The van der Waals surface area contributed by atoms with Crippen LogP contribution < -0.4 is 15.5 Å². The van der Waals surface area contributed by atoms with Crippen molar-refractivity contribution in [2.24, 2.45) is 5.92 Å². The molecular weight excluding hydrogens is 339 g/mol. The van der Waals surface area contributed by atoms with Gasteiger partial charge in [-0.25, -0.2) is 4.39 Å². The highest BCUT2D eigenvalue weighted by atomic mass is 19.1. The first-order valence-electron chi connectivity index (χ1n) is 8.40. The minimum absolute atomic E-state index is 0.0545. The molecule has 1 saturated carbocycles. The zero-order valence-electron chi connectivity index (χ0n) is 14.6. The van der Waals surface area contributed by atoms with Gasteiger partial charge in [-0.05, 0) is 43.9 Å². The van der Waals surface area contributed by atoms with Gasteiger partial charge in [0.05, 0.1) is 19.3 Å². The number of aromatic nitrogens is 1. The zero-order valence-corrected chi connectivity index (χ0v) is 14.6. The minimum Gasteiger partial charge on any atom is -0.496 e. The van der Waals surface area contributed by atoms with E-state index in [4.69, 9.17) is 4.74 Å². The molecule has 1 aromatic carbocycles. The standard InChI is InChI=1S/C19H21FN2O4/c1-10-5-13(23)9-16(21-10)19(25)22-18(11-6-14(24)7-11)15-8-12(20)3-4-17(15)26-2/h3-5,8-9,11,14,18,24H,6-7H2,1-2H3,(H,21,23)(H,22,25). The molecule has 0 aliphatic heterocycles. The Morgan fingerprint density at radius 3 is 2.69 bits per heavy atom. The normalized spacial score (nSPS) is 20.2. The summed E-state index contributed by atoms with van der Waals surface area (Å²) in [5, 5.41) is 12.5. The Balaban J connectivity index is 1.93. The molecule has 1 amide bonds. The minimum atomic E-state index is -0.541. The Kier molecular flexibility index (Phi) is 5.08. The average molecular weight is 360 g/mol. The lowest BCUT2D eigenvalue weighted by molar-refractivity contribution is 0.0230. The van der Waals surface area contributed by atoms with Gasteiger partial charge in [0.2, 0.25) is 0 Å². The van der Waals surface area contributed by atoms with Crippen molar-refractivity contribution in [3.05, 3.63) is 63.3 Å². The second-order valence-electron chi connectivity index (χ2n) is 6.64. The predicted molar refractivity (Wildman–Crippen MR) is 93.7 cm³/mol. The van der Waals surface area contributed by atoms with Crippen molar-refractivity contribution in [1.82, 2.24) is 10.3 Å². The number of pyridine rings is 1. The number of hydrogen-bond donors (Lipinski definition) is 3. The van der Waals surface area contributed by atoms with Crippen LogP contribution in [0.1, 0.15) is 40.6 Å². The number of halogens is 1. The van der Waals surface area contributed by atoms with Crippen molar-refractivity contribution in [2.45, 2.75) is 31.9 Å². The molecule has 3 rings (SSSR count). The molecular formula is C19H21FN2O4. The summed E-state index contributed by atoms with van der Waals surface area (Å²) >= 11 is 0. The zero-order chi connectivity index (χ0) is 18.8. The van der Waals surface area contributed by atoms with E-state index in [0.29, 0.717) is 29.8 Å². The highest BCUT2D eigenvalue weighted by molar-refractivity contribution is 5.92. The topological polar surface area (TPSA) is 91.4 Å². The maximum Gasteiger partial charge on any atom is 0.268 e. The van der Waals surface area contributed by atoms with Crippen LogP contribution in [-0.2, 0) is 0 Å². The molecule has 1 fully saturated rings. The van der Waals surface area contributed by atoms with Gasteiger partial charge in [0.25, 0.3) is 5.91 Å². The molecule has 0 radical (unpaired) electrons. The van der Waals surface area contributed by atoms with Crippen LogP contribution in [0, 0.1) is 18.7 Å². The van der Waals surface area contributed by atoms with Gasteiger partial charge in [-0.1, -0.05) is 0 Å². The summed E-state index contributed by atoms with van der Waals surface area (Å²) < 4.78 is 19.1. The Hall–Kier alpha value is -2.67. The molecule has 0 bridgehead atoms. The lowest BCUT2D eigenvalue weighted by Gasteiger charge is -2.38. The molecule has 1 heterocycles. The molecule has 1 aliphatic rings. The Morgan fingerprint density at radius 2 is 2.08 bits per heavy atom. The number of methoxy groups -OCH3 is 1. The first-order valence-corrected chi connectivity index (χ1v) is 8.40. The van der Waals surface area contributed by atoms with Gasteiger partial charge >= 0.3 is 0 Å². The Labute approximate surface area is 150 Å². The van der Waals surface area contributed by atoms with Crippen molar-refractivity contribution in [3.8, 4) is 5.75 Å². The lowest BCUT2D eigenvalue weighted by atomic mass is 9.74. The number of carbonyl (C=O) groups is 1. The number of nitrogens with one attached hydrogen (secondary N) is 2. The molecule has 7 heteroatoms. The molecule has 1 atom stereocenters. The molecule has 3 N–H and O–H groups in total. The first kappa shape index (κ1) is 18.1. The van der Waals surface area contributed by atoms with E-state index in [2.05, 4.69) is 10.3 Å². The molecule has 1 aromatic heterocycles. The summed E-state index contributed by atoms with van der Waals surface area (Å²) in [6.45, 7) is 1.69. The molecule has 6 nitrogen and oxygen atoms in total. The van der Waals surface area contributed by atoms with Crippen LogP contribution >= 0.6 is 0 Å². The summed E-state index contributed by atoms with van der Waals surface area (Å²) in [7, 11) is 1.48. The van der Waals surface area contributed by atoms with Crippen LogP contribution in [0.2, 0.25) is 0 Å². The van der Waals surface area contributed by atoms with Gasteiger partial charge in [0.15, 0.2) is 5.43 Å². The fourth-order valence-electron chi connectivity index (χ4n) is 3.32. The molecule has 1 unspecified atom stereocenters. The van der Waals surface area contributed by atoms with Crippen LogP contribution in [0.25, 0.3) is 0 Å². The largest absolute Gasteiger partial charge is 0.496 e. The van der Waals surface area contributed by atoms with E-state index in [9.17, 15) is 19.1 Å². The number of benzene rings is 1. The van der Waals surface area contributed by atoms with E-state index in [1.165, 1.54) is 37.4 Å². The average Bonchev–Trinajstić information content (AvgIpc) is 2.56. The number of aromatic amines is 1. The van der Waals surface area contributed by atoms with Crippen molar-refractivity contribution < 1.29 is 19.0 Å². The third-order valence-corrected chi connectivity index (χ3v) is 4.66. The maximum absolute atomic E-state index is 13.8. The van der Waals surface area contributed by atoms with Gasteiger partial charge < -0.3 is 20.1 Å². The second-order valence-corrected chi connectivity index (χ2v) is 6.64. The highest BCUT2D eigenvalue weighted by Crippen LogP contribution is 2.41. The third-order valence-electron chi connectivity index (χ3n) is 4.66. The van der Waals surface area contributed by atoms with Crippen molar-refractivity contribution in [2.75, 3.05) is 7.11 Å². The van der Waals surface area contributed by atoms with Crippen molar-refractivity contribution in [3.63, 3.8) is 0 Å². The number of hydrogen-bond acceptors (Lipinski definition) is 4. The SMILES string of the molecule is COc1ccc(F)cc1C(NC(=O)c1cc(=O)cc(C)[nH]1)C1CC(O)C1. The van der Waals surface area contributed by atoms with Crippen LogP contribution in [0.4, 0.5) is 4.39 Å². The number of H-pyrrole nitrogens is 1. The van der Waals surface area contributed by atoms with E-state index in [0.717, 1.165) is 0 Å². The second kappa shape index (κ2) is 7.29. The highest BCUT2D eigenvalue weighted by Gasteiger charge is 2.37. The number of aliphatic hydroxyl groups is 1. The smallest absolute Gasteiger partial charge is 0.268 e. The summed E-state index contributed by atoms with van der Waals surface area (Å²) in [4.78, 5) is 27.2. The van der Waals surface area contributed by atoms with Crippen molar-refractivity contribution in [1.29, 1.82) is 0 Å². The summed E-state index contributed by atoms with van der Waals surface area (Å²) in [5.41, 5.74) is 0.940. The number of ether oxygens (including phenoxy) is 1. The van der Waals surface area contributed by atoms with Gasteiger partial charge in [-0.2, -0.15) is 0 Å². The Bertz CT molecular complexity index is 874. The number of aliphatic hydroxyl groups excluding tert-OH is 1. The molecule has 0 spiro atoms. The van der Waals surface area contributed by atoms with Crippen molar-refractivity contribution >= 4 is 5.91 Å². The third kappa shape index (κ3) is 3.77. The summed E-state index contributed by atoms with van der Waals surface area (Å²) in [6, 6.07) is 6.19. The molecule has 1 aliphatic carbocycles. The number of carbonyl (C=O) groups excluding carboxylic acids is 1. The van der Waals surface area contributed by atoms with E-state index in [-0.39, 0.29) is 17.0 Å². The fourth-order valence-corrected chi connectivity index (χ4v) is 3.32. The molecule has 2 aromatic rings. The molecule has 0 saturated heterocycles. The monoisotopic (exact) mass is 360 g/mol. The van der Waals surface area contributed by atoms with Gasteiger partial charge in [0.1, 0.15) is 17.3 Å². The van der Waals surface area contributed by atoms with Gasteiger partial charge in [0, 0.05) is 23.4 Å². The number of aryl methyl sites for hydroxylation is 1. The van der Waals surface area contributed by atoms with Crippen LogP contribution in [0.5, 0.6) is 5.75 Å². The van der Waals surface area contributed by atoms with Crippen LogP contribution in [-0.4, -0.2) is 29.2 Å². The molecule has 26 heavy (non-hydrogen) atoms. The number of rotatable bonds is 5. The van der Waals surface area contributed by atoms with E-state index in [1.54, 1.807) is 6.92 Å².